The van der Waals surface area contributed by atoms with Gasteiger partial charge >= 0.3 is 0 Å². The van der Waals surface area contributed by atoms with Gasteiger partial charge in [0.25, 0.3) is 0 Å². The molecule has 1 amide bonds. The quantitative estimate of drug-likeness (QED) is 0.521. The number of primary amides is 1. The van der Waals surface area contributed by atoms with Crippen LogP contribution in [-0.4, -0.2) is 12.7 Å². The van der Waals surface area contributed by atoms with Crippen molar-refractivity contribution in [3.8, 4) is 0 Å². The fourth-order valence-electron chi connectivity index (χ4n) is 0.118. The molecule has 0 aromatic rings. The predicted octanol–water partition coefficient (Wildman–Crippen LogP) is 0.0869. The molecule has 3 heteroatoms. The molecule has 0 saturated heterocycles. The fourth-order valence-corrected chi connectivity index (χ4v) is 0.118. The molecule has 8 heavy (non-hydrogen) atoms. The molecule has 0 fully saturated rings. The van der Waals surface area contributed by atoms with Crippen molar-refractivity contribution >= 4 is 12.7 Å². The second kappa shape index (κ2) is 16.5. The van der Waals surface area contributed by atoms with Gasteiger partial charge in [0, 0.05) is 6.42 Å². The highest BCUT2D eigenvalue weighted by molar-refractivity contribution is 5.48. The van der Waals surface area contributed by atoms with Gasteiger partial charge < -0.3 is 10.5 Å². The molecule has 0 unspecified atom stereocenters. The van der Waals surface area contributed by atoms with E-state index < -0.39 is 0 Å². The molecule has 0 aromatic heterocycles. The summed E-state index contributed by atoms with van der Waals surface area (Å²) in [5.41, 5.74) is 4.17. The molecular formula is C5H11NO2. The highest BCUT2D eigenvalue weighted by Crippen LogP contribution is 1.74. The van der Waals surface area contributed by atoms with Gasteiger partial charge in [-0.1, -0.05) is 6.92 Å². The SMILES string of the molecule is CCCC=O.NC=O. The Morgan fingerprint density at radius 3 is 1.88 bits per heavy atom. The van der Waals surface area contributed by atoms with Crippen LogP contribution in [0.15, 0.2) is 0 Å². The van der Waals surface area contributed by atoms with E-state index in [-0.39, 0.29) is 6.41 Å². The Balaban J connectivity index is 0. The third kappa shape index (κ3) is 67.8. The van der Waals surface area contributed by atoms with Gasteiger partial charge in [-0.2, -0.15) is 0 Å². The number of unbranched alkanes of at least 4 members (excludes halogenated alkanes) is 1. The number of aldehydes is 1. The molecule has 2 N–H and O–H groups in total. The minimum atomic E-state index is 0.250. The smallest absolute Gasteiger partial charge is 0.204 e. The van der Waals surface area contributed by atoms with Crippen LogP contribution in [0.3, 0.4) is 0 Å². The Bertz CT molecular complexity index is 54.4. The van der Waals surface area contributed by atoms with Crippen molar-refractivity contribution in [3.05, 3.63) is 0 Å². The number of amides is 1. The molecule has 0 aliphatic carbocycles. The van der Waals surface area contributed by atoms with E-state index in [4.69, 9.17) is 4.79 Å². The number of hydrogen-bond donors (Lipinski definition) is 1. The summed E-state index contributed by atoms with van der Waals surface area (Å²) in [4.78, 5) is 18.0. The predicted molar refractivity (Wildman–Crippen MR) is 31.2 cm³/mol. The third-order valence-electron chi connectivity index (χ3n) is 0.407. The number of hydrogen-bond acceptors (Lipinski definition) is 2. The second-order valence-corrected chi connectivity index (χ2v) is 1.09. The summed E-state index contributed by atoms with van der Waals surface area (Å²) in [6.07, 6.45) is 2.86. The first-order valence-electron chi connectivity index (χ1n) is 2.42. The lowest BCUT2D eigenvalue weighted by Gasteiger charge is -1.68. The van der Waals surface area contributed by atoms with Crippen LogP contribution >= 0.6 is 0 Å². The summed E-state index contributed by atoms with van der Waals surface area (Å²) in [6, 6.07) is 0. The van der Waals surface area contributed by atoms with Crippen molar-refractivity contribution < 1.29 is 9.59 Å². The van der Waals surface area contributed by atoms with Gasteiger partial charge in [0.1, 0.15) is 6.29 Å². The normalized spacial score (nSPS) is 6.12. The molecular weight excluding hydrogens is 106 g/mol. The van der Waals surface area contributed by atoms with E-state index >= 15 is 0 Å². The van der Waals surface area contributed by atoms with Crippen LogP contribution in [-0.2, 0) is 9.59 Å². The Morgan fingerprint density at radius 2 is 1.88 bits per heavy atom. The molecule has 0 spiro atoms. The van der Waals surface area contributed by atoms with Crippen LogP contribution in [0.5, 0.6) is 0 Å². The highest BCUT2D eigenvalue weighted by Gasteiger charge is 1.66. The first kappa shape index (κ1) is 10.2. The molecule has 0 aliphatic heterocycles. The Morgan fingerprint density at radius 1 is 1.50 bits per heavy atom. The summed E-state index contributed by atoms with van der Waals surface area (Å²) in [7, 11) is 0. The van der Waals surface area contributed by atoms with Crippen LogP contribution in [0.2, 0.25) is 0 Å². The zero-order valence-corrected chi connectivity index (χ0v) is 4.96. The Hall–Kier alpha value is -0.860. The standard InChI is InChI=1S/C4H8O.CH3NO/c1-2-3-4-5;2-1-3/h4H,2-3H2,1H3;1H,(H2,2,3). The van der Waals surface area contributed by atoms with Gasteiger partial charge in [-0.3, -0.25) is 4.79 Å². The van der Waals surface area contributed by atoms with Crippen molar-refractivity contribution in [2.24, 2.45) is 5.73 Å². The average molecular weight is 117 g/mol. The van der Waals surface area contributed by atoms with Crippen LogP contribution in [0.1, 0.15) is 19.8 Å². The summed E-state index contributed by atoms with van der Waals surface area (Å²) in [5.74, 6) is 0. The summed E-state index contributed by atoms with van der Waals surface area (Å²) >= 11 is 0. The van der Waals surface area contributed by atoms with Crippen molar-refractivity contribution in [2.75, 3.05) is 0 Å². The van der Waals surface area contributed by atoms with Crippen molar-refractivity contribution in [1.29, 1.82) is 0 Å². The number of carbonyl (C=O) groups is 2. The summed E-state index contributed by atoms with van der Waals surface area (Å²) < 4.78 is 0. The molecule has 0 aromatic carbocycles. The minimum Gasteiger partial charge on any atom is -0.372 e. The summed E-state index contributed by atoms with van der Waals surface area (Å²) in [6.45, 7) is 1.98. The van der Waals surface area contributed by atoms with E-state index in [0.717, 1.165) is 12.7 Å². The first-order valence-corrected chi connectivity index (χ1v) is 2.42. The van der Waals surface area contributed by atoms with E-state index in [1.807, 2.05) is 6.92 Å². The molecule has 3 nitrogen and oxygen atoms in total. The summed E-state index contributed by atoms with van der Waals surface area (Å²) in [5, 5.41) is 0. The van der Waals surface area contributed by atoms with Crippen molar-refractivity contribution in [1.82, 2.24) is 0 Å². The Labute approximate surface area is 48.9 Å². The lowest BCUT2D eigenvalue weighted by Crippen LogP contribution is -1.82. The second-order valence-electron chi connectivity index (χ2n) is 1.09. The van der Waals surface area contributed by atoms with Crippen LogP contribution in [0.25, 0.3) is 0 Å². The zero-order valence-electron chi connectivity index (χ0n) is 4.96. The first-order chi connectivity index (χ1) is 3.83. The maximum absolute atomic E-state index is 9.40. The van der Waals surface area contributed by atoms with E-state index in [9.17, 15) is 4.79 Å². The number of carbonyl (C=O) groups excluding carboxylic acids is 2. The van der Waals surface area contributed by atoms with Crippen LogP contribution in [0, 0.1) is 0 Å². The molecule has 0 rings (SSSR count). The van der Waals surface area contributed by atoms with Gasteiger partial charge in [0.2, 0.25) is 6.41 Å². The molecule has 0 saturated carbocycles. The molecule has 48 valence electrons. The van der Waals surface area contributed by atoms with E-state index in [0.29, 0.717) is 6.42 Å². The van der Waals surface area contributed by atoms with Gasteiger partial charge in [0.15, 0.2) is 0 Å². The van der Waals surface area contributed by atoms with Gasteiger partial charge in [-0.15, -0.1) is 0 Å². The van der Waals surface area contributed by atoms with E-state index in [2.05, 4.69) is 5.73 Å². The minimum absolute atomic E-state index is 0.250. The van der Waals surface area contributed by atoms with Gasteiger partial charge in [-0.05, 0) is 6.42 Å². The number of nitrogens with two attached hydrogens (primary N) is 1. The molecule has 0 heterocycles. The molecule has 0 aliphatic rings. The van der Waals surface area contributed by atoms with Crippen LogP contribution < -0.4 is 5.73 Å². The topological polar surface area (TPSA) is 60.2 Å². The molecule has 0 bridgehead atoms. The average Bonchev–Trinajstić information content (AvgIpc) is 1.71. The molecule has 0 atom stereocenters. The largest absolute Gasteiger partial charge is 0.372 e. The maximum atomic E-state index is 9.40. The highest BCUT2D eigenvalue weighted by atomic mass is 16.1. The monoisotopic (exact) mass is 117 g/mol. The van der Waals surface area contributed by atoms with Crippen molar-refractivity contribution in [2.45, 2.75) is 19.8 Å². The van der Waals surface area contributed by atoms with Gasteiger partial charge in [0.05, 0.1) is 0 Å². The Kier molecular flexibility index (Phi) is 21.0. The van der Waals surface area contributed by atoms with Crippen molar-refractivity contribution in [3.63, 3.8) is 0 Å². The van der Waals surface area contributed by atoms with Gasteiger partial charge in [-0.25, -0.2) is 0 Å². The maximum Gasteiger partial charge on any atom is 0.204 e. The zero-order chi connectivity index (χ0) is 6.83. The lowest BCUT2D eigenvalue weighted by molar-refractivity contribution is -0.108. The molecule has 0 radical (unpaired) electrons. The van der Waals surface area contributed by atoms with E-state index in [1.54, 1.807) is 0 Å². The lowest BCUT2D eigenvalue weighted by atomic mass is 10.4. The third-order valence-corrected chi connectivity index (χ3v) is 0.407. The fraction of sp³-hybridized carbons (Fsp3) is 0.600. The number of rotatable bonds is 2. The van der Waals surface area contributed by atoms with E-state index in [1.165, 1.54) is 0 Å². The van der Waals surface area contributed by atoms with Crippen LogP contribution in [0.4, 0.5) is 0 Å².